The van der Waals surface area contributed by atoms with E-state index in [0.717, 1.165) is 12.8 Å². The summed E-state index contributed by atoms with van der Waals surface area (Å²) in [7, 11) is 2.19. The molecule has 1 N–H and O–H groups in total. The number of unbranched alkanes of at least 4 members (excludes halogenated alkanes) is 4. The highest BCUT2D eigenvalue weighted by Gasteiger charge is 1.97. The maximum Gasteiger partial charge on any atom is 0.158 e. The molecule has 0 saturated heterocycles. The lowest BCUT2D eigenvalue weighted by Gasteiger charge is -1.98. The van der Waals surface area contributed by atoms with Gasteiger partial charge in [0.15, 0.2) is 5.78 Å². The van der Waals surface area contributed by atoms with E-state index in [2.05, 4.69) is 7.85 Å². The topological polar surface area (TPSA) is 37.3 Å². The van der Waals surface area contributed by atoms with Crippen LogP contribution in [-0.4, -0.2) is 25.3 Å². The number of hydrogen-bond acceptors (Lipinski definition) is 2. The fourth-order valence-corrected chi connectivity index (χ4v) is 1.18. The van der Waals surface area contributed by atoms with Crippen LogP contribution in [0.3, 0.4) is 0 Å². The highest BCUT2D eigenvalue weighted by Crippen LogP contribution is 2.06. The quantitative estimate of drug-likeness (QED) is 0.434. The Morgan fingerprint density at radius 2 is 1.67 bits per heavy atom. The first-order valence-corrected chi connectivity index (χ1v) is 4.93. The molecule has 12 heavy (non-hydrogen) atoms. The fourth-order valence-electron chi connectivity index (χ4n) is 1.18. The smallest absolute Gasteiger partial charge is 0.158 e. The number of hydrogen-bond donors (Lipinski definition) is 1. The maximum absolute atomic E-state index is 10.7. The lowest BCUT2D eigenvalue weighted by Crippen LogP contribution is -2.02. The van der Waals surface area contributed by atoms with Gasteiger partial charge in [0, 0.05) is 6.42 Å². The SMILES string of the molecule is BCCCCCCCC(=O)CO. The van der Waals surface area contributed by atoms with E-state index in [0.29, 0.717) is 6.42 Å². The first-order chi connectivity index (χ1) is 5.81. The molecule has 0 bridgehead atoms. The highest BCUT2D eigenvalue weighted by molar-refractivity contribution is 6.08. The van der Waals surface area contributed by atoms with Gasteiger partial charge in [-0.25, -0.2) is 0 Å². The van der Waals surface area contributed by atoms with Crippen molar-refractivity contribution in [1.82, 2.24) is 0 Å². The van der Waals surface area contributed by atoms with Gasteiger partial charge in [-0.1, -0.05) is 32.0 Å². The number of ketones is 1. The van der Waals surface area contributed by atoms with Crippen LogP contribution in [0.5, 0.6) is 0 Å². The number of rotatable bonds is 8. The van der Waals surface area contributed by atoms with Crippen LogP contribution in [-0.2, 0) is 4.79 Å². The van der Waals surface area contributed by atoms with Crippen LogP contribution in [0.25, 0.3) is 0 Å². The third-order valence-electron chi connectivity index (χ3n) is 1.99. The van der Waals surface area contributed by atoms with Gasteiger partial charge in [-0.3, -0.25) is 4.79 Å². The zero-order chi connectivity index (χ0) is 9.23. The Morgan fingerprint density at radius 3 is 2.25 bits per heavy atom. The lowest BCUT2D eigenvalue weighted by molar-refractivity contribution is -0.121. The number of Topliss-reactive ketones (excluding diaryl/α,β-unsaturated/α-hetero) is 1. The molecule has 0 radical (unpaired) electrons. The predicted molar refractivity (Wildman–Crippen MR) is 53.1 cm³/mol. The number of aliphatic hydroxyl groups is 1. The predicted octanol–water partition coefficient (Wildman–Crippen LogP) is 0.940. The average Bonchev–Trinajstić information content (AvgIpc) is 2.10. The molecule has 3 heteroatoms. The van der Waals surface area contributed by atoms with Crippen molar-refractivity contribution in [3.05, 3.63) is 0 Å². The molecule has 0 aromatic carbocycles. The molecular weight excluding hydrogens is 151 g/mol. The van der Waals surface area contributed by atoms with E-state index >= 15 is 0 Å². The van der Waals surface area contributed by atoms with Crippen LogP contribution >= 0.6 is 0 Å². The Morgan fingerprint density at radius 1 is 1.08 bits per heavy atom. The van der Waals surface area contributed by atoms with E-state index < -0.39 is 0 Å². The molecule has 0 rings (SSSR count). The summed E-state index contributed by atoms with van der Waals surface area (Å²) in [5.74, 6) is -0.0227. The standard InChI is InChI=1S/C9H19BO2/c10-7-5-3-1-2-4-6-9(12)8-11/h11H,1-8,10H2. The second-order valence-corrected chi connectivity index (χ2v) is 3.21. The van der Waals surface area contributed by atoms with Crippen molar-refractivity contribution < 1.29 is 9.90 Å². The van der Waals surface area contributed by atoms with Gasteiger partial charge in [0.2, 0.25) is 0 Å². The van der Waals surface area contributed by atoms with Crippen LogP contribution in [0.15, 0.2) is 0 Å². The van der Waals surface area contributed by atoms with E-state index in [-0.39, 0.29) is 12.4 Å². The highest BCUT2D eigenvalue weighted by atomic mass is 16.3. The van der Waals surface area contributed by atoms with Crippen LogP contribution in [0.4, 0.5) is 0 Å². The molecule has 0 aromatic rings. The normalized spacial score (nSPS) is 10.1. The van der Waals surface area contributed by atoms with Crippen molar-refractivity contribution in [1.29, 1.82) is 0 Å². The molecular formula is C9H19BO2. The fraction of sp³-hybridized carbons (Fsp3) is 0.889. The minimum Gasteiger partial charge on any atom is -0.389 e. The molecule has 0 amide bonds. The Labute approximate surface area is 75.8 Å². The monoisotopic (exact) mass is 170 g/mol. The molecule has 0 aliphatic carbocycles. The molecule has 2 nitrogen and oxygen atoms in total. The minimum absolute atomic E-state index is 0.0227. The zero-order valence-electron chi connectivity index (χ0n) is 8.01. The van der Waals surface area contributed by atoms with E-state index in [1.807, 2.05) is 0 Å². The summed E-state index contributed by atoms with van der Waals surface area (Å²) in [6.07, 6.45) is 7.71. The lowest BCUT2D eigenvalue weighted by atomic mass is 9.98. The third-order valence-corrected chi connectivity index (χ3v) is 1.99. The summed E-state index contributed by atoms with van der Waals surface area (Å²) >= 11 is 0. The number of aliphatic hydroxyl groups excluding tert-OH is 1. The van der Waals surface area contributed by atoms with E-state index in [1.165, 1.54) is 25.6 Å². The summed E-state index contributed by atoms with van der Waals surface area (Å²) < 4.78 is 0. The van der Waals surface area contributed by atoms with Gasteiger partial charge >= 0.3 is 0 Å². The molecule has 0 aromatic heterocycles. The Hall–Kier alpha value is -0.305. The van der Waals surface area contributed by atoms with Crippen molar-refractivity contribution in [2.45, 2.75) is 44.8 Å². The molecule has 0 unspecified atom stereocenters. The second kappa shape index (κ2) is 8.79. The summed E-state index contributed by atoms with van der Waals surface area (Å²) in [6, 6.07) is 0. The molecule has 70 valence electrons. The van der Waals surface area contributed by atoms with Gasteiger partial charge in [0.25, 0.3) is 0 Å². The van der Waals surface area contributed by atoms with Crippen LogP contribution < -0.4 is 0 Å². The number of carbonyl (C=O) groups is 1. The molecule has 0 heterocycles. The van der Waals surface area contributed by atoms with Crippen LogP contribution in [0.1, 0.15) is 38.5 Å². The van der Waals surface area contributed by atoms with Gasteiger partial charge < -0.3 is 5.11 Å². The average molecular weight is 170 g/mol. The molecule has 0 aliphatic heterocycles. The van der Waals surface area contributed by atoms with Crippen molar-refractivity contribution in [2.75, 3.05) is 6.61 Å². The summed E-state index contributed by atoms with van der Waals surface area (Å²) in [6.45, 7) is -0.283. The van der Waals surface area contributed by atoms with Gasteiger partial charge in [-0.2, -0.15) is 0 Å². The van der Waals surface area contributed by atoms with Crippen LogP contribution in [0.2, 0.25) is 6.32 Å². The second-order valence-electron chi connectivity index (χ2n) is 3.21. The van der Waals surface area contributed by atoms with Gasteiger partial charge in [0.1, 0.15) is 14.5 Å². The van der Waals surface area contributed by atoms with Crippen molar-refractivity contribution in [2.24, 2.45) is 0 Å². The van der Waals surface area contributed by atoms with Gasteiger partial charge in [-0.15, -0.1) is 0 Å². The van der Waals surface area contributed by atoms with Gasteiger partial charge in [0.05, 0.1) is 0 Å². The van der Waals surface area contributed by atoms with Crippen molar-refractivity contribution >= 4 is 13.6 Å². The number of carbonyl (C=O) groups excluding carboxylic acids is 1. The Bertz CT molecular complexity index is 115. The van der Waals surface area contributed by atoms with E-state index in [4.69, 9.17) is 5.11 Å². The van der Waals surface area contributed by atoms with Crippen LogP contribution in [0, 0.1) is 0 Å². The molecule has 0 saturated carbocycles. The largest absolute Gasteiger partial charge is 0.389 e. The zero-order valence-corrected chi connectivity index (χ0v) is 8.01. The van der Waals surface area contributed by atoms with E-state index in [1.54, 1.807) is 0 Å². The first kappa shape index (κ1) is 11.7. The van der Waals surface area contributed by atoms with Crippen molar-refractivity contribution in [3.63, 3.8) is 0 Å². The van der Waals surface area contributed by atoms with E-state index in [9.17, 15) is 4.79 Å². The summed E-state index contributed by atoms with van der Waals surface area (Å²) in [5.41, 5.74) is 0. The third kappa shape index (κ3) is 7.80. The molecule has 0 aliphatic rings. The molecule has 0 atom stereocenters. The Kier molecular flexibility index (Phi) is 8.57. The summed E-state index contributed by atoms with van der Waals surface area (Å²) in [5, 5.41) is 8.43. The minimum atomic E-state index is -0.283. The molecule has 0 spiro atoms. The Balaban J connectivity index is 2.95. The summed E-state index contributed by atoms with van der Waals surface area (Å²) in [4.78, 5) is 10.7. The molecule has 0 fully saturated rings. The first-order valence-electron chi connectivity index (χ1n) is 4.93. The maximum atomic E-state index is 10.7. The van der Waals surface area contributed by atoms with Gasteiger partial charge in [-0.05, 0) is 6.42 Å². The van der Waals surface area contributed by atoms with Crippen molar-refractivity contribution in [3.8, 4) is 0 Å².